The number of aryl methyl sites for hydroxylation is 1. The molecule has 90 valence electrons. The molecule has 2 rings (SSSR count). The molecule has 3 nitrogen and oxygen atoms in total. The minimum absolute atomic E-state index is 0.837. The first-order chi connectivity index (χ1) is 8.13. The molecule has 2 aromatic heterocycles. The highest BCUT2D eigenvalue weighted by Gasteiger charge is 2.05. The summed E-state index contributed by atoms with van der Waals surface area (Å²) in [5.74, 6) is 0. The van der Waals surface area contributed by atoms with Crippen molar-refractivity contribution >= 4 is 27.3 Å². The van der Waals surface area contributed by atoms with Gasteiger partial charge >= 0.3 is 0 Å². The lowest BCUT2D eigenvalue weighted by atomic mass is 10.3. The summed E-state index contributed by atoms with van der Waals surface area (Å²) in [6.07, 6.45) is 1.83. The zero-order chi connectivity index (χ0) is 12.3. The number of hydrogen-bond donors (Lipinski definition) is 0. The summed E-state index contributed by atoms with van der Waals surface area (Å²) in [7, 11) is 2.08. The van der Waals surface area contributed by atoms with Crippen molar-refractivity contribution in [1.29, 1.82) is 0 Å². The molecule has 5 heteroatoms. The van der Waals surface area contributed by atoms with E-state index in [1.165, 1.54) is 0 Å². The maximum atomic E-state index is 4.46. The van der Waals surface area contributed by atoms with Gasteiger partial charge in [-0.15, -0.1) is 11.3 Å². The van der Waals surface area contributed by atoms with Crippen LogP contribution in [-0.2, 0) is 13.1 Å². The van der Waals surface area contributed by atoms with Crippen LogP contribution >= 0.6 is 27.3 Å². The van der Waals surface area contributed by atoms with Crippen molar-refractivity contribution < 1.29 is 0 Å². The van der Waals surface area contributed by atoms with E-state index in [9.17, 15) is 0 Å². The summed E-state index contributed by atoms with van der Waals surface area (Å²) in [5, 5.41) is 3.23. The molecular formula is C12H14BrN3S. The van der Waals surface area contributed by atoms with Gasteiger partial charge in [-0.2, -0.15) is 0 Å². The minimum Gasteiger partial charge on any atom is -0.295 e. The summed E-state index contributed by atoms with van der Waals surface area (Å²) in [4.78, 5) is 11.0. The predicted octanol–water partition coefficient (Wildman–Crippen LogP) is 3.24. The van der Waals surface area contributed by atoms with Gasteiger partial charge in [-0.3, -0.25) is 9.88 Å². The number of rotatable bonds is 4. The molecule has 0 aromatic carbocycles. The molecule has 0 amide bonds. The number of pyridine rings is 1. The molecule has 0 saturated heterocycles. The van der Waals surface area contributed by atoms with E-state index in [0.717, 1.165) is 34.0 Å². The van der Waals surface area contributed by atoms with Crippen LogP contribution in [0.25, 0.3) is 0 Å². The highest BCUT2D eigenvalue weighted by Crippen LogP contribution is 2.12. The van der Waals surface area contributed by atoms with E-state index in [0.29, 0.717) is 0 Å². The first-order valence-corrected chi connectivity index (χ1v) is 7.01. The molecule has 0 atom stereocenters. The number of halogens is 1. The Morgan fingerprint density at radius 1 is 1.29 bits per heavy atom. The molecule has 0 aliphatic carbocycles. The zero-order valence-corrected chi connectivity index (χ0v) is 12.3. The van der Waals surface area contributed by atoms with Crippen LogP contribution in [0.5, 0.6) is 0 Å². The summed E-state index contributed by atoms with van der Waals surface area (Å²) in [6, 6.07) is 4.05. The zero-order valence-electron chi connectivity index (χ0n) is 9.85. The Labute approximate surface area is 114 Å². The summed E-state index contributed by atoms with van der Waals surface area (Å²) in [5.41, 5.74) is 2.20. The van der Waals surface area contributed by atoms with Crippen LogP contribution in [0, 0.1) is 6.92 Å². The second-order valence-corrected chi connectivity index (χ2v) is 5.98. The van der Waals surface area contributed by atoms with Gasteiger partial charge in [-0.1, -0.05) is 0 Å². The van der Waals surface area contributed by atoms with Gasteiger partial charge in [-0.05, 0) is 42.0 Å². The van der Waals surface area contributed by atoms with Crippen molar-refractivity contribution in [2.24, 2.45) is 0 Å². The van der Waals surface area contributed by atoms with Gasteiger partial charge in [0.15, 0.2) is 0 Å². The van der Waals surface area contributed by atoms with Crippen LogP contribution in [0.2, 0.25) is 0 Å². The van der Waals surface area contributed by atoms with Crippen molar-refractivity contribution in [2.45, 2.75) is 20.0 Å². The fourth-order valence-corrected chi connectivity index (χ4v) is 2.43. The van der Waals surface area contributed by atoms with Gasteiger partial charge in [-0.25, -0.2) is 4.98 Å². The molecule has 0 saturated carbocycles. The topological polar surface area (TPSA) is 29.0 Å². The molecule has 2 heterocycles. The lowest BCUT2D eigenvalue weighted by Crippen LogP contribution is -2.18. The third-order valence-corrected chi connectivity index (χ3v) is 3.61. The maximum Gasteiger partial charge on any atom is 0.0897 e. The molecule has 0 N–H and O–H groups in total. The molecule has 0 radical (unpaired) electrons. The third kappa shape index (κ3) is 3.87. The molecule has 2 aromatic rings. The van der Waals surface area contributed by atoms with Gasteiger partial charge in [0.05, 0.1) is 16.4 Å². The van der Waals surface area contributed by atoms with Gasteiger partial charge in [0.1, 0.15) is 0 Å². The summed E-state index contributed by atoms with van der Waals surface area (Å²) in [6.45, 7) is 3.73. The lowest BCUT2D eigenvalue weighted by molar-refractivity contribution is 0.311. The normalized spacial score (nSPS) is 11.1. The largest absolute Gasteiger partial charge is 0.295 e. The van der Waals surface area contributed by atoms with Crippen LogP contribution in [0.3, 0.4) is 0 Å². The molecule has 0 spiro atoms. The van der Waals surface area contributed by atoms with Crippen LogP contribution in [0.1, 0.15) is 16.4 Å². The number of hydrogen-bond acceptors (Lipinski definition) is 4. The predicted molar refractivity (Wildman–Crippen MR) is 74.0 cm³/mol. The number of aromatic nitrogens is 2. The third-order valence-electron chi connectivity index (χ3n) is 2.32. The van der Waals surface area contributed by atoms with E-state index >= 15 is 0 Å². The van der Waals surface area contributed by atoms with Crippen molar-refractivity contribution in [2.75, 3.05) is 7.05 Å². The molecule has 17 heavy (non-hydrogen) atoms. The van der Waals surface area contributed by atoms with E-state index < -0.39 is 0 Å². The van der Waals surface area contributed by atoms with Crippen LogP contribution < -0.4 is 0 Å². The lowest BCUT2D eigenvalue weighted by Gasteiger charge is -2.14. The van der Waals surface area contributed by atoms with Crippen molar-refractivity contribution in [3.63, 3.8) is 0 Å². The second-order valence-electron chi connectivity index (χ2n) is 4.00. The average molecular weight is 312 g/mol. The van der Waals surface area contributed by atoms with Crippen molar-refractivity contribution in [3.05, 3.63) is 44.6 Å². The molecule has 0 unspecified atom stereocenters. The van der Waals surface area contributed by atoms with Gasteiger partial charge in [0.2, 0.25) is 0 Å². The first kappa shape index (κ1) is 12.7. The molecule has 0 bridgehead atoms. The second kappa shape index (κ2) is 5.71. The Morgan fingerprint density at radius 2 is 2.06 bits per heavy atom. The van der Waals surface area contributed by atoms with Crippen LogP contribution in [0.15, 0.2) is 28.2 Å². The number of thiazole rings is 1. The molecule has 0 aliphatic rings. The first-order valence-electron chi connectivity index (χ1n) is 5.33. The smallest absolute Gasteiger partial charge is 0.0897 e. The summed E-state index contributed by atoms with van der Waals surface area (Å²) >= 11 is 5.08. The van der Waals surface area contributed by atoms with E-state index in [1.807, 2.05) is 25.3 Å². The van der Waals surface area contributed by atoms with E-state index in [4.69, 9.17) is 0 Å². The molecule has 0 fully saturated rings. The Hall–Kier alpha value is -0.780. The standard InChI is InChI=1S/C12H14BrN3S/c1-9-15-12(8-17-9)7-16(2)6-11-4-3-10(13)5-14-11/h3-5,8H,6-7H2,1-2H3. The van der Waals surface area contributed by atoms with E-state index in [2.05, 4.69) is 43.2 Å². The fraction of sp³-hybridized carbons (Fsp3) is 0.333. The Kier molecular flexibility index (Phi) is 4.25. The van der Waals surface area contributed by atoms with Gasteiger partial charge < -0.3 is 0 Å². The Bertz CT molecular complexity index is 481. The van der Waals surface area contributed by atoms with Gasteiger partial charge in [0, 0.05) is 29.1 Å². The maximum absolute atomic E-state index is 4.46. The van der Waals surface area contributed by atoms with Crippen molar-refractivity contribution in [3.8, 4) is 0 Å². The Balaban J connectivity index is 1.93. The van der Waals surface area contributed by atoms with Crippen LogP contribution in [0.4, 0.5) is 0 Å². The Morgan fingerprint density at radius 3 is 2.65 bits per heavy atom. The quantitative estimate of drug-likeness (QED) is 0.868. The minimum atomic E-state index is 0.837. The molecular weight excluding hydrogens is 298 g/mol. The van der Waals surface area contributed by atoms with Gasteiger partial charge in [0.25, 0.3) is 0 Å². The van der Waals surface area contributed by atoms with E-state index in [-0.39, 0.29) is 0 Å². The number of nitrogens with zero attached hydrogens (tertiary/aromatic N) is 3. The van der Waals surface area contributed by atoms with Crippen molar-refractivity contribution in [1.82, 2.24) is 14.9 Å². The monoisotopic (exact) mass is 311 g/mol. The molecule has 0 aliphatic heterocycles. The average Bonchev–Trinajstić information content (AvgIpc) is 2.67. The summed E-state index contributed by atoms with van der Waals surface area (Å²) < 4.78 is 1.01. The SMILES string of the molecule is Cc1nc(CN(C)Cc2ccc(Br)cn2)cs1. The van der Waals surface area contributed by atoms with E-state index in [1.54, 1.807) is 11.3 Å². The highest BCUT2D eigenvalue weighted by molar-refractivity contribution is 9.10. The van der Waals surface area contributed by atoms with Crippen LogP contribution in [-0.4, -0.2) is 21.9 Å². The fourth-order valence-electron chi connectivity index (χ4n) is 1.59. The highest BCUT2D eigenvalue weighted by atomic mass is 79.9.